The van der Waals surface area contributed by atoms with Gasteiger partial charge >= 0.3 is 0 Å². The number of carbonyl (C=O) groups excluding carboxylic acids is 2. The third kappa shape index (κ3) is 6.53. The second-order valence-electron chi connectivity index (χ2n) is 12.0. The monoisotopic (exact) mass is 599 g/mol. The van der Waals surface area contributed by atoms with Crippen LogP contribution in [0.1, 0.15) is 59.1 Å². The number of primary amides is 1. The second kappa shape index (κ2) is 12.4. The number of aromatic nitrogens is 1. The Kier molecular flexibility index (Phi) is 8.26. The molecule has 1 aromatic heterocycles. The van der Waals surface area contributed by atoms with Gasteiger partial charge in [-0.05, 0) is 75.1 Å². The number of benzene rings is 4. The van der Waals surface area contributed by atoms with Crippen molar-refractivity contribution in [2.75, 3.05) is 11.9 Å². The van der Waals surface area contributed by atoms with Gasteiger partial charge in [0.1, 0.15) is 11.5 Å². The highest BCUT2D eigenvalue weighted by Gasteiger charge is 2.52. The number of oxazole rings is 1. The highest BCUT2D eigenvalue weighted by molar-refractivity contribution is 6.12. The van der Waals surface area contributed by atoms with Gasteiger partial charge in [-0.2, -0.15) is 0 Å². The molecule has 0 radical (unpaired) electrons. The van der Waals surface area contributed by atoms with Crippen LogP contribution in [-0.4, -0.2) is 23.3 Å². The Morgan fingerprint density at radius 1 is 0.911 bits per heavy atom. The van der Waals surface area contributed by atoms with E-state index >= 15 is 0 Å². The van der Waals surface area contributed by atoms with E-state index in [0.29, 0.717) is 42.2 Å². The first-order valence-electron chi connectivity index (χ1n) is 15.3. The second-order valence-corrected chi connectivity index (χ2v) is 12.0. The molecule has 4 aromatic carbocycles. The molecule has 1 aliphatic carbocycles. The molecule has 1 aliphatic rings. The predicted octanol–water partition coefficient (Wildman–Crippen LogP) is 7.49. The highest BCUT2D eigenvalue weighted by atomic mass is 16.5. The molecule has 0 saturated heterocycles. The summed E-state index contributed by atoms with van der Waals surface area (Å²) < 4.78 is 12.0. The Hall–Kier alpha value is -5.17. The fraction of sp³-hybridized carbons (Fsp3) is 0.237. The average molecular weight is 600 g/mol. The molecule has 1 saturated carbocycles. The maximum absolute atomic E-state index is 13.5. The summed E-state index contributed by atoms with van der Waals surface area (Å²) >= 11 is 0. The van der Waals surface area contributed by atoms with E-state index in [0.717, 1.165) is 41.2 Å². The molecule has 1 heterocycles. The Labute approximate surface area is 263 Å². The Morgan fingerprint density at radius 2 is 1.56 bits per heavy atom. The number of para-hydroxylation sites is 1. The number of nitrogens with two attached hydrogens (primary N) is 1. The maximum Gasteiger partial charge on any atom is 0.226 e. The lowest BCUT2D eigenvalue weighted by atomic mass is 9.80. The summed E-state index contributed by atoms with van der Waals surface area (Å²) in [5.41, 5.74) is 9.27. The molecule has 7 nitrogen and oxygen atoms in total. The maximum atomic E-state index is 13.5. The SMILES string of the molecule is Cc1oc(-c2ccccc2)nc1CCOc1ccc(C(C)(CC2(C(N)=O)CC2)Nc2ccccc2C(=O)c2ccccc2)cc1. The Balaban J connectivity index is 1.20. The summed E-state index contributed by atoms with van der Waals surface area (Å²) in [4.78, 5) is 30.7. The quantitative estimate of drug-likeness (QED) is 0.136. The summed E-state index contributed by atoms with van der Waals surface area (Å²) in [5.74, 6) is 1.75. The molecule has 45 heavy (non-hydrogen) atoms. The van der Waals surface area contributed by atoms with Gasteiger partial charge in [-0.15, -0.1) is 0 Å². The first-order valence-corrected chi connectivity index (χ1v) is 15.3. The lowest BCUT2D eigenvalue weighted by molar-refractivity contribution is -0.123. The van der Waals surface area contributed by atoms with Gasteiger partial charge in [0, 0.05) is 28.8 Å². The number of hydrogen-bond donors (Lipinski definition) is 2. The minimum absolute atomic E-state index is 0.0703. The summed E-state index contributed by atoms with van der Waals surface area (Å²) in [6.07, 6.45) is 2.60. The standard InChI is InChI=1S/C38H37N3O4/c1-26-32(40-35(45-26)28-13-7-4-8-14-28)21-24-44-30-19-17-29(18-20-30)37(2,25-38(22-23-38)36(39)43)41-33-16-10-9-15-31(33)34(42)27-11-5-3-6-12-27/h3-20,41H,21-25H2,1-2H3,(H2,39,43). The van der Waals surface area contributed by atoms with Crippen LogP contribution in [0.5, 0.6) is 5.75 Å². The van der Waals surface area contributed by atoms with E-state index in [9.17, 15) is 9.59 Å². The van der Waals surface area contributed by atoms with Gasteiger partial charge < -0.3 is 20.2 Å². The van der Waals surface area contributed by atoms with Crippen molar-refractivity contribution in [3.8, 4) is 17.2 Å². The number of amides is 1. The van der Waals surface area contributed by atoms with Crippen molar-refractivity contribution < 1.29 is 18.7 Å². The highest BCUT2D eigenvalue weighted by Crippen LogP contribution is 2.54. The molecule has 1 atom stereocenters. The number of ether oxygens (including phenoxy) is 1. The average Bonchev–Trinajstić information content (AvgIpc) is 3.75. The predicted molar refractivity (Wildman–Crippen MR) is 175 cm³/mol. The van der Waals surface area contributed by atoms with Gasteiger partial charge in [0.05, 0.1) is 23.3 Å². The normalized spacial score (nSPS) is 14.7. The van der Waals surface area contributed by atoms with Crippen LogP contribution >= 0.6 is 0 Å². The number of ketones is 1. The summed E-state index contributed by atoms with van der Waals surface area (Å²) in [6, 6.07) is 34.5. The van der Waals surface area contributed by atoms with E-state index in [-0.39, 0.29) is 11.7 Å². The van der Waals surface area contributed by atoms with E-state index in [1.807, 2.05) is 116 Å². The summed E-state index contributed by atoms with van der Waals surface area (Å²) in [7, 11) is 0. The number of nitrogens with one attached hydrogen (secondary N) is 1. The van der Waals surface area contributed by atoms with Crippen LogP contribution in [0.15, 0.2) is 114 Å². The molecule has 0 bridgehead atoms. The Bertz CT molecular complexity index is 1790. The van der Waals surface area contributed by atoms with Gasteiger partial charge in [-0.25, -0.2) is 4.98 Å². The van der Waals surface area contributed by atoms with Crippen molar-refractivity contribution in [3.05, 3.63) is 137 Å². The van der Waals surface area contributed by atoms with Crippen molar-refractivity contribution in [3.63, 3.8) is 0 Å². The molecule has 228 valence electrons. The third-order valence-electron chi connectivity index (χ3n) is 8.70. The van der Waals surface area contributed by atoms with Crippen LogP contribution in [0.4, 0.5) is 5.69 Å². The largest absolute Gasteiger partial charge is 0.493 e. The first-order chi connectivity index (χ1) is 21.8. The van der Waals surface area contributed by atoms with Crippen LogP contribution in [0.2, 0.25) is 0 Å². The number of anilines is 1. The molecular weight excluding hydrogens is 562 g/mol. The number of rotatable bonds is 13. The zero-order valence-corrected chi connectivity index (χ0v) is 25.6. The fourth-order valence-electron chi connectivity index (χ4n) is 5.94. The van der Waals surface area contributed by atoms with Gasteiger partial charge in [-0.1, -0.05) is 72.8 Å². The first kappa shape index (κ1) is 29.9. The van der Waals surface area contributed by atoms with Crippen LogP contribution in [0.3, 0.4) is 0 Å². The number of aryl methyl sites for hydroxylation is 1. The number of carbonyl (C=O) groups is 2. The zero-order valence-electron chi connectivity index (χ0n) is 25.6. The molecule has 1 amide bonds. The summed E-state index contributed by atoms with van der Waals surface area (Å²) in [5, 5.41) is 3.66. The van der Waals surface area contributed by atoms with Crippen LogP contribution in [-0.2, 0) is 16.8 Å². The molecule has 0 spiro atoms. The van der Waals surface area contributed by atoms with Crippen LogP contribution < -0.4 is 15.8 Å². The van der Waals surface area contributed by atoms with E-state index in [4.69, 9.17) is 14.9 Å². The number of nitrogens with zero attached hydrogens (tertiary/aromatic N) is 1. The van der Waals surface area contributed by atoms with Gasteiger partial charge in [0.2, 0.25) is 11.8 Å². The molecule has 6 rings (SSSR count). The number of hydrogen-bond acceptors (Lipinski definition) is 6. The molecule has 7 heteroatoms. The minimum atomic E-state index is -0.692. The minimum Gasteiger partial charge on any atom is -0.493 e. The van der Waals surface area contributed by atoms with E-state index in [2.05, 4.69) is 17.2 Å². The van der Waals surface area contributed by atoms with Crippen molar-refractivity contribution in [2.45, 2.75) is 45.1 Å². The zero-order chi connectivity index (χ0) is 31.4. The molecule has 3 N–H and O–H groups in total. The van der Waals surface area contributed by atoms with Crippen LogP contribution in [0, 0.1) is 12.3 Å². The smallest absolute Gasteiger partial charge is 0.226 e. The fourth-order valence-corrected chi connectivity index (χ4v) is 5.94. The van der Waals surface area contributed by atoms with Crippen LogP contribution in [0.25, 0.3) is 11.5 Å². The Morgan fingerprint density at radius 3 is 2.22 bits per heavy atom. The summed E-state index contributed by atoms with van der Waals surface area (Å²) in [6.45, 7) is 4.42. The van der Waals surface area contributed by atoms with E-state index < -0.39 is 11.0 Å². The van der Waals surface area contributed by atoms with Crippen molar-refractivity contribution in [1.29, 1.82) is 0 Å². The van der Waals surface area contributed by atoms with Crippen molar-refractivity contribution >= 4 is 17.4 Å². The molecule has 1 fully saturated rings. The van der Waals surface area contributed by atoms with Gasteiger partial charge in [-0.3, -0.25) is 9.59 Å². The topological polar surface area (TPSA) is 107 Å². The molecule has 5 aromatic rings. The van der Waals surface area contributed by atoms with E-state index in [1.165, 1.54) is 0 Å². The van der Waals surface area contributed by atoms with E-state index in [1.54, 1.807) is 0 Å². The molecule has 0 aliphatic heterocycles. The lowest BCUT2D eigenvalue weighted by Gasteiger charge is -2.36. The third-order valence-corrected chi connectivity index (χ3v) is 8.70. The molecule has 1 unspecified atom stereocenters. The molecular formula is C38H37N3O4. The van der Waals surface area contributed by atoms with Gasteiger partial charge in [0.25, 0.3) is 0 Å². The lowest BCUT2D eigenvalue weighted by Crippen LogP contribution is -2.39. The van der Waals surface area contributed by atoms with Crippen molar-refractivity contribution in [1.82, 2.24) is 4.98 Å². The van der Waals surface area contributed by atoms with Crippen molar-refractivity contribution in [2.24, 2.45) is 11.1 Å². The van der Waals surface area contributed by atoms with Gasteiger partial charge in [0.15, 0.2) is 5.78 Å².